The molecule has 3 heteroatoms. The van der Waals surface area contributed by atoms with Crippen molar-refractivity contribution in [1.29, 1.82) is 0 Å². The van der Waals surface area contributed by atoms with Crippen molar-refractivity contribution >= 4 is 38.2 Å². The second-order valence-corrected chi connectivity index (χ2v) is 12.2. The first-order chi connectivity index (χ1) is 20.6. The van der Waals surface area contributed by atoms with Gasteiger partial charge in [0.05, 0.1) is 22.6 Å². The van der Waals surface area contributed by atoms with Crippen molar-refractivity contribution in [3.8, 4) is 16.8 Å². The fourth-order valence-electron chi connectivity index (χ4n) is 8.36. The molecule has 3 aromatic heterocycles. The smallest absolute Gasteiger partial charge is 0.294 e. The molecular weight excluding hydrogens is 510 g/mol. The first-order valence-electron chi connectivity index (χ1n) is 15.7. The summed E-state index contributed by atoms with van der Waals surface area (Å²) in [7, 11) is 0. The van der Waals surface area contributed by atoms with Crippen LogP contribution in [0.25, 0.3) is 55.0 Å². The van der Waals surface area contributed by atoms with E-state index in [0.717, 1.165) is 25.7 Å². The molecule has 0 bridgehead atoms. The third-order valence-electron chi connectivity index (χ3n) is 10.4. The number of benzene rings is 4. The number of hydrogen-bond acceptors (Lipinski definition) is 0. The molecule has 0 fully saturated rings. The number of hydrogen-bond donors (Lipinski definition) is 0. The fourth-order valence-corrected chi connectivity index (χ4v) is 8.36. The van der Waals surface area contributed by atoms with Crippen LogP contribution in [0.2, 0.25) is 0 Å². The molecule has 0 saturated heterocycles. The molecule has 0 spiro atoms. The van der Waals surface area contributed by atoms with Crippen LogP contribution in [0.4, 0.5) is 0 Å². The highest BCUT2D eigenvalue weighted by Gasteiger charge is 2.47. The molecule has 1 unspecified atom stereocenters. The maximum Gasteiger partial charge on any atom is 0.294 e. The maximum absolute atomic E-state index is 2.61. The van der Waals surface area contributed by atoms with Gasteiger partial charge in [0.15, 0.2) is 0 Å². The van der Waals surface area contributed by atoms with Crippen LogP contribution in [0.3, 0.4) is 0 Å². The lowest BCUT2D eigenvalue weighted by atomic mass is 9.70. The van der Waals surface area contributed by atoms with Crippen LogP contribution in [0.5, 0.6) is 0 Å². The minimum Gasteiger partial charge on any atom is -0.309 e. The van der Waals surface area contributed by atoms with Crippen molar-refractivity contribution in [2.45, 2.75) is 64.8 Å². The zero-order valence-corrected chi connectivity index (χ0v) is 25.1. The highest BCUT2D eigenvalue weighted by atomic mass is 15.2. The van der Waals surface area contributed by atoms with Crippen molar-refractivity contribution in [3.63, 3.8) is 0 Å². The number of para-hydroxylation sites is 2. The zero-order valence-electron chi connectivity index (χ0n) is 25.1. The van der Waals surface area contributed by atoms with Crippen LogP contribution in [0, 0.1) is 0 Å². The Balaban J connectivity index is 1.46. The lowest BCUT2D eigenvalue weighted by molar-refractivity contribution is -0.747. The monoisotopic (exact) mass is 548 g/mol. The SMILES string of the molecule is CCCc1cc(-c2ccc3c(c2)c2ccccc2n3-c2ccccc2)c2ccn3cc[n+]4c3c2c1C(C)C4(CC)CC. The summed E-state index contributed by atoms with van der Waals surface area (Å²) in [5, 5.41) is 5.41. The van der Waals surface area contributed by atoms with Gasteiger partial charge in [-0.05, 0) is 77.9 Å². The zero-order chi connectivity index (χ0) is 28.6. The van der Waals surface area contributed by atoms with Crippen molar-refractivity contribution in [2.24, 2.45) is 0 Å². The van der Waals surface area contributed by atoms with Crippen LogP contribution >= 0.6 is 0 Å². The van der Waals surface area contributed by atoms with E-state index in [2.05, 4.69) is 145 Å². The first-order valence-corrected chi connectivity index (χ1v) is 15.7. The molecule has 0 aliphatic carbocycles. The molecule has 4 heterocycles. The van der Waals surface area contributed by atoms with Crippen molar-refractivity contribution in [1.82, 2.24) is 8.97 Å². The van der Waals surface area contributed by atoms with Gasteiger partial charge in [0.2, 0.25) is 0 Å². The molecule has 0 amide bonds. The Labute approximate surface area is 247 Å². The normalized spacial score (nSPS) is 16.0. The lowest BCUT2D eigenvalue weighted by Gasteiger charge is -2.40. The molecule has 1 aliphatic rings. The Morgan fingerprint density at radius 3 is 2.31 bits per heavy atom. The van der Waals surface area contributed by atoms with Crippen molar-refractivity contribution < 1.29 is 4.57 Å². The fraction of sp³-hybridized carbons (Fsp3) is 0.256. The van der Waals surface area contributed by atoms with Gasteiger partial charge < -0.3 is 4.57 Å². The van der Waals surface area contributed by atoms with Gasteiger partial charge in [0, 0.05) is 27.8 Å². The van der Waals surface area contributed by atoms with Crippen LogP contribution in [0.1, 0.15) is 64.0 Å². The summed E-state index contributed by atoms with van der Waals surface area (Å²) in [6.45, 7) is 9.55. The molecule has 1 aliphatic heterocycles. The van der Waals surface area contributed by atoms with E-state index in [-0.39, 0.29) is 5.54 Å². The van der Waals surface area contributed by atoms with E-state index >= 15 is 0 Å². The van der Waals surface area contributed by atoms with Gasteiger partial charge in [-0.3, -0.25) is 0 Å². The third kappa shape index (κ3) is 3.25. The van der Waals surface area contributed by atoms with Crippen LogP contribution in [-0.4, -0.2) is 8.97 Å². The van der Waals surface area contributed by atoms with E-state index in [4.69, 9.17) is 0 Å². The molecular formula is C39H38N3+. The Kier molecular flexibility index (Phi) is 5.63. The highest BCUT2D eigenvalue weighted by Crippen LogP contribution is 2.48. The van der Waals surface area contributed by atoms with E-state index in [1.807, 2.05) is 0 Å². The second kappa shape index (κ2) is 9.32. The number of imidazole rings is 1. The van der Waals surface area contributed by atoms with Gasteiger partial charge in [-0.2, -0.15) is 0 Å². The molecule has 3 nitrogen and oxygen atoms in total. The number of fused-ring (bicyclic) bond motifs is 3. The van der Waals surface area contributed by atoms with E-state index < -0.39 is 0 Å². The summed E-state index contributed by atoms with van der Waals surface area (Å²) in [6, 6.07) is 31.6. The number of pyridine rings is 1. The van der Waals surface area contributed by atoms with Gasteiger partial charge >= 0.3 is 0 Å². The summed E-state index contributed by atoms with van der Waals surface area (Å²) >= 11 is 0. The summed E-state index contributed by atoms with van der Waals surface area (Å²) in [5.74, 6) is 0.447. The van der Waals surface area contributed by atoms with E-state index in [9.17, 15) is 0 Å². The van der Waals surface area contributed by atoms with Gasteiger partial charge in [-0.25, -0.2) is 8.97 Å². The molecule has 0 N–H and O–H groups in total. The summed E-state index contributed by atoms with van der Waals surface area (Å²) in [4.78, 5) is 0. The lowest BCUT2D eigenvalue weighted by Crippen LogP contribution is -2.59. The quantitative estimate of drug-likeness (QED) is 0.184. The Morgan fingerprint density at radius 2 is 1.52 bits per heavy atom. The van der Waals surface area contributed by atoms with Gasteiger partial charge in [-0.15, -0.1) is 0 Å². The Hall–Kier alpha value is -4.37. The number of rotatable bonds is 6. The molecule has 208 valence electrons. The molecule has 1 atom stereocenters. The number of aryl methyl sites for hydroxylation is 1. The van der Waals surface area contributed by atoms with Crippen molar-refractivity contribution in [3.05, 3.63) is 115 Å². The van der Waals surface area contributed by atoms with Crippen molar-refractivity contribution in [2.75, 3.05) is 0 Å². The minimum atomic E-state index is 0.0955. The molecule has 0 saturated carbocycles. The summed E-state index contributed by atoms with van der Waals surface area (Å²) in [5.41, 5.74) is 10.9. The largest absolute Gasteiger partial charge is 0.309 e. The van der Waals surface area contributed by atoms with E-state index in [1.165, 1.54) is 60.6 Å². The number of aromatic nitrogens is 3. The molecule has 4 aromatic carbocycles. The van der Waals surface area contributed by atoms with Gasteiger partial charge in [0.1, 0.15) is 17.9 Å². The Bertz CT molecular complexity index is 2140. The second-order valence-electron chi connectivity index (χ2n) is 12.2. The summed E-state index contributed by atoms with van der Waals surface area (Å²) < 4.78 is 7.37. The minimum absolute atomic E-state index is 0.0955. The third-order valence-corrected chi connectivity index (χ3v) is 10.4. The van der Waals surface area contributed by atoms with Gasteiger partial charge in [-0.1, -0.05) is 82.6 Å². The van der Waals surface area contributed by atoms with Gasteiger partial charge in [0.25, 0.3) is 5.65 Å². The first kappa shape index (κ1) is 25.3. The molecule has 42 heavy (non-hydrogen) atoms. The molecule has 7 aromatic rings. The maximum atomic E-state index is 2.61. The van der Waals surface area contributed by atoms with Crippen LogP contribution in [0.15, 0.2) is 104 Å². The van der Waals surface area contributed by atoms with Crippen LogP contribution < -0.4 is 4.57 Å². The van der Waals surface area contributed by atoms with Crippen LogP contribution in [-0.2, 0) is 12.0 Å². The number of nitrogens with zero attached hydrogens (tertiary/aromatic N) is 3. The summed E-state index contributed by atoms with van der Waals surface area (Å²) in [6.07, 6.45) is 11.4. The average molecular weight is 549 g/mol. The molecule has 0 radical (unpaired) electrons. The molecule has 8 rings (SSSR count). The van der Waals surface area contributed by atoms with E-state index in [0.29, 0.717) is 5.92 Å². The topological polar surface area (TPSA) is 13.2 Å². The predicted molar refractivity (Wildman–Crippen MR) is 176 cm³/mol. The predicted octanol–water partition coefficient (Wildman–Crippen LogP) is 9.73. The average Bonchev–Trinajstić information content (AvgIpc) is 3.62. The Morgan fingerprint density at radius 1 is 0.762 bits per heavy atom. The van der Waals surface area contributed by atoms with E-state index in [1.54, 1.807) is 5.56 Å². The highest BCUT2D eigenvalue weighted by molar-refractivity contribution is 6.12. The standard InChI is InChI=1S/C39H38N3/c1-5-13-28-25-32(31-20-21-40-22-23-41-38(40)37(31)36(28)26(4)39(41,6-2)7-3)27-18-19-35-33(24-27)30-16-11-12-17-34(30)42(35)29-14-9-8-10-15-29/h8-12,14-26H,5-7,13H2,1-4H3/q+1.